The lowest BCUT2D eigenvalue weighted by molar-refractivity contribution is 0.121. The van der Waals surface area contributed by atoms with Crippen LogP contribution in [0.1, 0.15) is 31.4 Å². The lowest BCUT2D eigenvalue weighted by atomic mass is 10.2. The molecule has 1 aromatic rings. The number of aryl methyl sites for hydroxylation is 1. The molecule has 2 aliphatic rings. The van der Waals surface area contributed by atoms with E-state index < -0.39 is 0 Å². The first-order chi connectivity index (χ1) is 10.7. The van der Waals surface area contributed by atoms with Gasteiger partial charge in [0.15, 0.2) is 0 Å². The van der Waals surface area contributed by atoms with Gasteiger partial charge < -0.3 is 9.67 Å². The maximum absolute atomic E-state index is 11.8. The summed E-state index contributed by atoms with van der Waals surface area (Å²) in [5.41, 5.74) is 1.07. The van der Waals surface area contributed by atoms with Crippen molar-refractivity contribution in [3.05, 3.63) is 20.7 Å². The van der Waals surface area contributed by atoms with E-state index >= 15 is 0 Å². The molecule has 2 unspecified atom stereocenters. The highest BCUT2D eigenvalue weighted by Gasteiger charge is 2.31. The zero-order chi connectivity index (χ0) is 15.5. The van der Waals surface area contributed by atoms with Gasteiger partial charge in [-0.15, -0.1) is 0 Å². The molecule has 1 aromatic heterocycles. The number of nitrogens with zero attached hydrogens (tertiary/aromatic N) is 3. The Morgan fingerprint density at radius 3 is 2.59 bits per heavy atom. The number of aliphatic hydroxyl groups is 1. The van der Waals surface area contributed by atoms with Gasteiger partial charge in [0.05, 0.1) is 6.61 Å². The zero-order valence-electron chi connectivity index (χ0n) is 13.4. The summed E-state index contributed by atoms with van der Waals surface area (Å²) in [6.07, 6.45) is 4.83. The molecule has 124 valence electrons. The number of aromatic nitrogens is 1. The van der Waals surface area contributed by atoms with Crippen molar-refractivity contribution in [3.8, 4) is 0 Å². The van der Waals surface area contributed by atoms with Crippen LogP contribution in [-0.4, -0.2) is 64.3 Å². The zero-order valence-corrected chi connectivity index (χ0v) is 14.2. The second-order valence-electron chi connectivity index (χ2n) is 6.60. The Labute approximate surface area is 136 Å². The molecule has 3 rings (SSSR count). The van der Waals surface area contributed by atoms with Gasteiger partial charge in [0.25, 0.3) is 0 Å². The van der Waals surface area contributed by atoms with Gasteiger partial charge in [-0.3, -0.25) is 14.6 Å². The Morgan fingerprint density at radius 2 is 1.91 bits per heavy atom. The predicted octanol–water partition coefficient (Wildman–Crippen LogP) is 1.14. The maximum atomic E-state index is 11.8. The highest BCUT2D eigenvalue weighted by atomic mass is 32.1. The number of hydrogen-bond donors (Lipinski definition) is 1. The van der Waals surface area contributed by atoms with E-state index in [1.54, 1.807) is 0 Å². The number of likely N-dealkylation sites (tertiary alicyclic amines) is 2. The number of thiazole rings is 1. The third-order valence-corrected chi connectivity index (χ3v) is 6.12. The van der Waals surface area contributed by atoms with Crippen molar-refractivity contribution in [2.24, 2.45) is 0 Å². The van der Waals surface area contributed by atoms with Gasteiger partial charge in [0, 0.05) is 42.8 Å². The molecule has 0 radical (unpaired) electrons. The van der Waals surface area contributed by atoms with Gasteiger partial charge in [-0.1, -0.05) is 11.3 Å². The molecule has 22 heavy (non-hydrogen) atoms. The van der Waals surface area contributed by atoms with Crippen LogP contribution in [0, 0.1) is 6.92 Å². The molecule has 0 aromatic carbocycles. The summed E-state index contributed by atoms with van der Waals surface area (Å²) in [4.78, 5) is 17.0. The maximum Gasteiger partial charge on any atom is 0.307 e. The normalized spacial score (nSPS) is 27.0. The Kier molecular flexibility index (Phi) is 5.33. The summed E-state index contributed by atoms with van der Waals surface area (Å²) in [5, 5.41) is 11.4. The molecule has 0 bridgehead atoms. The predicted molar refractivity (Wildman–Crippen MR) is 89.6 cm³/mol. The van der Waals surface area contributed by atoms with E-state index in [0.29, 0.717) is 12.1 Å². The first-order valence-corrected chi connectivity index (χ1v) is 9.31. The van der Waals surface area contributed by atoms with E-state index in [1.807, 2.05) is 16.9 Å². The first-order valence-electron chi connectivity index (χ1n) is 8.43. The molecular weight excluding hydrogens is 298 g/mol. The van der Waals surface area contributed by atoms with Gasteiger partial charge in [-0.05, 0) is 45.7 Å². The molecule has 2 saturated heterocycles. The highest BCUT2D eigenvalue weighted by molar-refractivity contribution is 7.07. The minimum absolute atomic E-state index is 0.160. The van der Waals surface area contributed by atoms with E-state index in [1.165, 1.54) is 30.6 Å². The SMILES string of the molecule is Cc1csc(=O)n1CCN1CCCC1CN1CCCC1CO. The molecule has 0 aliphatic carbocycles. The van der Waals surface area contributed by atoms with Crippen LogP contribution in [-0.2, 0) is 6.54 Å². The molecule has 1 N–H and O–H groups in total. The van der Waals surface area contributed by atoms with Gasteiger partial charge in [-0.25, -0.2) is 0 Å². The fraction of sp³-hybridized carbons (Fsp3) is 0.812. The molecular formula is C16H27N3O2S. The average Bonchev–Trinajstić information content (AvgIpc) is 3.21. The van der Waals surface area contributed by atoms with Crippen molar-refractivity contribution in [3.63, 3.8) is 0 Å². The molecule has 0 saturated carbocycles. The highest BCUT2D eigenvalue weighted by Crippen LogP contribution is 2.23. The lowest BCUT2D eigenvalue weighted by Crippen LogP contribution is -2.44. The van der Waals surface area contributed by atoms with Crippen LogP contribution < -0.4 is 4.87 Å². The summed E-state index contributed by atoms with van der Waals surface area (Å²) in [6, 6.07) is 0.950. The Morgan fingerprint density at radius 1 is 1.18 bits per heavy atom. The molecule has 0 amide bonds. The third-order valence-electron chi connectivity index (χ3n) is 5.24. The van der Waals surface area contributed by atoms with E-state index in [9.17, 15) is 9.90 Å². The van der Waals surface area contributed by atoms with Crippen LogP contribution in [0.2, 0.25) is 0 Å². The topological polar surface area (TPSA) is 48.7 Å². The Hall–Kier alpha value is -0.690. The minimum Gasteiger partial charge on any atom is -0.395 e. The van der Waals surface area contributed by atoms with E-state index in [-0.39, 0.29) is 11.5 Å². The molecule has 2 fully saturated rings. The lowest BCUT2D eigenvalue weighted by Gasteiger charge is -2.31. The average molecular weight is 325 g/mol. The van der Waals surface area contributed by atoms with Gasteiger partial charge >= 0.3 is 4.87 Å². The van der Waals surface area contributed by atoms with Crippen molar-refractivity contribution in [1.82, 2.24) is 14.4 Å². The Bertz CT molecular complexity index is 542. The summed E-state index contributed by atoms with van der Waals surface area (Å²) in [6.45, 7) is 7.39. The van der Waals surface area contributed by atoms with Crippen molar-refractivity contribution in [2.45, 2.75) is 51.2 Å². The molecule has 3 heterocycles. The smallest absolute Gasteiger partial charge is 0.307 e. The Balaban J connectivity index is 1.55. The van der Waals surface area contributed by atoms with Crippen LogP contribution >= 0.6 is 11.3 Å². The number of aliphatic hydroxyl groups excluding tert-OH is 1. The van der Waals surface area contributed by atoms with Gasteiger partial charge in [-0.2, -0.15) is 0 Å². The first kappa shape index (κ1) is 16.2. The van der Waals surface area contributed by atoms with Crippen molar-refractivity contribution in [2.75, 3.05) is 32.8 Å². The minimum atomic E-state index is 0.160. The number of hydrogen-bond acceptors (Lipinski definition) is 5. The summed E-state index contributed by atoms with van der Waals surface area (Å²) >= 11 is 1.30. The molecule has 2 aliphatic heterocycles. The molecule has 5 nitrogen and oxygen atoms in total. The monoisotopic (exact) mass is 325 g/mol. The fourth-order valence-corrected chi connectivity index (χ4v) is 4.67. The summed E-state index contributed by atoms with van der Waals surface area (Å²) in [5.74, 6) is 0. The fourth-order valence-electron chi connectivity index (χ4n) is 3.91. The molecule has 6 heteroatoms. The second kappa shape index (κ2) is 7.25. The van der Waals surface area contributed by atoms with E-state index in [2.05, 4.69) is 9.80 Å². The quantitative estimate of drug-likeness (QED) is 0.852. The molecule has 2 atom stereocenters. The van der Waals surface area contributed by atoms with Crippen LogP contribution in [0.25, 0.3) is 0 Å². The van der Waals surface area contributed by atoms with Crippen molar-refractivity contribution < 1.29 is 5.11 Å². The van der Waals surface area contributed by atoms with Gasteiger partial charge in [0.1, 0.15) is 0 Å². The van der Waals surface area contributed by atoms with E-state index in [0.717, 1.165) is 44.8 Å². The summed E-state index contributed by atoms with van der Waals surface area (Å²) < 4.78 is 1.90. The molecule has 0 spiro atoms. The largest absolute Gasteiger partial charge is 0.395 e. The van der Waals surface area contributed by atoms with Crippen LogP contribution in [0.4, 0.5) is 0 Å². The van der Waals surface area contributed by atoms with Gasteiger partial charge in [0.2, 0.25) is 0 Å². The van der Waals surface area contributed by atoms with Crippen LogP contribution in [0.15, 0.2) is 10.2 Å². The van der Waals surface area contributed by atoms with Crippen molar-refractivity contribution in [1.29, 1.82) is 0 Å². The summed E-state index contributed by atoms with van der Waals surface area (Å²) in [7, 11) is 0. The van der Waals surface area contributed by atoms with E-state index in [4.69, 9.17) is 0 Å². The van der Waals surface area contributed by atoms with Crippen LogP contribution in [0.3, 0.4) is 0 Å². The third kappa shape index (κ3) is 3.45. The van der Waals surface area contributed by atoms with Crippen LogP contribution in [0.5, 0.6) is 0 Å². The van der Waals surface area contributed by atoms with Crippen molar-refractivity contribution >= 4 is 11.3 Å². The second-order valence-corrected chi connectivity index (χ2v) is 7.42. The number of rotatable bonds is 6. The standard InChI is InChI=1S/C16H27N3O2S/c1-13-12-22-16(21)19(13)9-8-17-6-2-4-14(17)10-18-7-3-5-15(18)11-20/h12,14-15,20H,2-11H2,1H3.